The summed E-state index contributed by atoms with van der Waals surface area (Å²) < 4.78 is 1.83. The molecule has 4 heterocycles. The first-order valence-electron chi connectivity index (χ1n) is 12.0. The van der Waals surface area contributed by atoms with Crippen LogP contribution in [0.5, 0.6) is 0 Å². The lowest BCUT2D eigenvalue weighted by atomic mass is 9.86. The number of fused-ring (bicyclic) bond motifs is 4. The number of aliphatic hydroxyl groups excluding tert-OH is 1. The van der Waals surface area contributed by atoms with Gasteiger partial charge in [0.05, 0.1) is 12.0 Å². The normalized spacial score (nSPS) is 27.2. The predicted molar refractivity (Wildman–Crippen MR) is 126 cm³/mol. The summed E-state index contributed by atoms with van der Waals surface area (Å²) in [6.07, 6.45) is 11.6. The van der Waals surface area contributed by atoms with Crippen LogP contribution in [0.4, 0.5) is 0 Å². The van der Waals surface area contributed by atoms with Crippen LogP contribution in [0.1, 0.15) is 55.5 Å². The molecule has 2 aromatic rings. The van der Waals surface area contributed by atoms with E-state index in [-0.39, 0.29) is 42.1 Å². The number of allylic oxidation sites excluding steroid dienone is 1. The van der Waals surface area contributed by atoms with Crippen molar-refractivity contribution in [3.8, 4) is 0 Å². The molecule has 2 N–H and O–H groups in total. The number of hydrogen-bond acceptors (Lipinski definition) is 5. The first-order valence-corrected chi connectivity index (χ1v) is 12.0. The van der Waals surface area contributed by atoms with E-state index in [2.05, 4.69) is 15.2 Å². The summed E-state index contributed by atoms with van der Waals surface area (Å²) in [6, 6.07) is 7.67. The number of rotatable bonds is 6. The van der Waals surface area contributed by atoms with E-state index in [4.69, 9.17) is 0 Å². The van der Waals surface area contributed by atoms with Gasteiger partial charge in [-0.1, -0.05) is 25.0 Å². The highest BCUT2D eigenvalue weighted by Crippen LogP contribution is 2.49. The number of aromatic nitrogens is 2. The van der Waals surface area contributed by atoms with Crippen molar-refractivity contribution in [2.45, 2.75) is 63.8 Å². The molecule has 2 aliphatic heterocycles. The standard InChI is InChI=1S/C26H32N4O3/c1-2-5-18-8-9-21-24-23(25(32)28-19-6-3-4-7-19)20(16-31)22(15-30(21)26(18)33)29(24)14-17-10-12-27-13-11-17/h2,5,8-13,19-20,22-24,31H,3-4,6-7,14-16H2,1H3,(H,28,32)/b5-2+/t20-,22-,23+,24+/m0/s1. The van der Waals surface area contributed by atoms with E-state index in [1.54, 1.807) is 12.4 Å². The molecule has 1 amide bonds. The topological polar surface area (TPSA) is 87.5 Å². The summed E-state index contributed by atoms with van der Waals surface area (Å²) in [6.45, 7) is 2.93. The highest BCUT2D eigenvalue weighted by molar-refractivity contribution is 5.81. The third-order valence-corrected chi connectivity index (χ3v) is 7.66. The smallest absolute Gasteiger partial charge is 0.258 e. The summed E-state index contributed by atoms with van der Waals surface area (Å²) in [5.41, 5.74) is 2.59. The molecule has 7 heteroatoms. The molecule has 0 unspecified atom stereocenters. The molecular formula is C26H32N4O3. The van der Waals surface area contributed by atoms with Crippen LogP contribution in [0.3, 0.4) is 0 Å². The van der Waals surface area contributed by atoms with Crippen LogP contribution in [0.15, 0.2) is 47.5 Å². The lowest BCUT2D eigenvalue weighted by Gasteiger charge is -2.38. The first-order chi connectivity index (χ1) is 16.1. The molecule has 0 radical (unpaired) electrons. The van der Waals surface area contributed by atoms with Crippen molar-refractivity contribution in [3.05, 3.63) is 69.9 Å². The monoisotopic (exact) mass is 448 g/mol. The van der Waals surface area contributed by atoms with Gasteiger partial charge in [0.15, 0.2) is 0 Å². The summed E-state index contributed by atoms with van der Waals surface area (Å²) in [5.74, 6) is -0.627. The molecule has 1 saturated heterocycles. The van der Waals surface area contributed by atoms with Gasteiger partial charge in [0.25, 0.3) is 5.56 Å². The van der Waals surface area contributed by atoms with Crippen molar-refractivity contribution in [3.63, 3.8) is 0 Å². The van der Waals surface area contributed by atoms with Gasteiger partial charge in [0.2, 0.25) is 5.91 Å². The van der Waals surface area contributed by atoms with E-state index in [9.17, 15) is 14.7 Å². The van der Waals surface area contributed by atoms with Gasteiger partial charge >= 0.3 is 0 Å². The number of amides is 1. The van der Waals surface area contributed by atoms with E-state index in [1.807, 2.05) is 47.9 Å². The van der Waals surface area contributed by atoms with Gasteiger partial charge in [-0.3, -0.25) is 19.5 Å². The molecule has 5 rings (SSSR count). The first kappa shape index (κ1) is 22.0. The lowest BCUT2D eigenvalue weighted by molar-refractivity contribution is -0.128. The fourth-order valence-corrected chi connectivity index (χ4v) is 6.13. The Kier molecular flexibility index (Phi) is 6.17. The van der Waals surface area contributed by atoms with E-state index in [0.29, 0.717) is 18.7 Å². The molecule has 4 atom stereocenters. The van der Waals surface area contributed by atoms with Crippen LogP contribution in [0.2, 0.25) is 0 Å². The van der Waals surface area contributed by atoms with Crippen LogP contribution in [-0.4, -0.2) is 44.2 Å². The Bertz CT molecular complexity index is 1090. The highest BCUT2D eigenvalue weighted by atomic mass is 16.3. The van der Waals surface area contributed by atoms with Gasteiger partial charge < -0.3 is 15.0 Å². The number of nitrogens with one attached hydrogen (secondary N) is 1. The number of carbonyl (C=O) groups excluding carboxylic acids is 1. The minimum Gasteiger partial charge on any atom is -0.396 e. The summed E-state index contributed by atoms with van der Waals surface area (Å²) in [5, 5.41) is 13.7. The zero-order valence-electron chi connectivity index (χ0n) is 19.1. The summed E-state index contributed by atoms with van der Waals surface area (Å²) >= 11 is 0. The van der Waals surface area contributed by atoms with Gasteiger partial charge in [0, 0.05) is 61.3 Å². The molecule has 2 bridgehead atoms. The van der Waals surface area contributed by atoms with E-state index < -0.39 is 5.92 Å². The molecule has 33 heavy (non-hydrogen) atoms. The molecule has 0 aromatic carbocycles. The molecule has 3 aliphatic rings. The maximum absolute atomic E-state index is 13.6. The van der Waals surface area contributed by atoms with Crippen molar-refractivity contribution in [2.24, 2.45) is 11.8 Å². The van der Waals surface area contributed by atoms with Crippen molar-refractivity contribution in [1.82, 2.24) is 19.8 Å². The van der Waals surface area contributed by atoms with Gasteiger partial charge in [-0.25, -0.2) is 0 Å². The molecule has 7 nitrogen and oxygen atoms in total. The molecule has 0 spiro atoms. The SMILES string of the molecule is C/C=C/c1ccc2n(c1=O)C[C@H]1[C@H](CO)[C@@H](C(=O)NC3CCCC3)[C@@H]2N1Cc1ccncc1. The Labute approximate surface area is 194 Å². The third-order valence-electron chi connectivity index (χ3n) is 7.66. The third kappa shape index (κ3) is 3.93. The largest absolute Gasteiger partial charge is 0.396 e. The summed E-state index contributed by atoms with van der Waals surface area (Å²) in [7, 11) is 0. The van der Waals surface area contributed by atoms with Gasteiger partial charge in [-0.2, -0.15) is 0 Å². The zero-order chi connectivity index (χ0) is 22.9. The second-order valence-corrected chi connectivity index (χ2v) is 9.53. The minimum absolute atomic E-state index is 0.00612. The van der Waals surface area contributed by atoms with E-state index in [0.717, 1.165) is 36.9 Å². The maximum Gasteiger partial charge on any atom is 0.258 e. The maximum atomic E-state index is 13.6. The van der Waals surface area contributed by atoms with E-state index in [1.165, 1.54) is 0 Å². The predicted octanol–water partition coefficient (Wildman–Crippen LogP) is 2.50. The fourth-order valence-electron chi connectivity index (χ4n) is 6.13. The number of nitrogens with zero attached hydrogens (tertiary/aromatic N) is 3. The number of carbonyl (C=O) groups is 1. The molecule has 2 aromatic heterocycles. The highest BCUT2D eigenvalue weighted by Gasteiger charge is 2.55. The Hall–Kier alpha value is -2.77. The Morgan fingerprint density at radius 2 is 1.97 bits per heavy atom. The van der Waals surface area contributed by atoms with Gasteiger partial charge in [-0.15, -0.1) is 0 Å². The molecule has 174 valence electrons. The average Bonchev–Trinajstić information content (AvgIpc) is 3.40. The van der Waals surface area contributed by atoms with Gasteiger partial charge in [0.1, 0.15) is 0 Å². The van der Waals surface area contributed by atoms with Crippen molar-refractivity contribution in [2.75, 3.05) is 6.61 Å². The second kappa shape index (κ2) is 9.23. The average molecular weight is 449 g/mol. The summed E-state index contributed by atoms with van der Waals surface area (Å²) in [4.78, 5) is 33.3. The van der Waals surface area contributed by atoms with Crippen LogP contribution < -0.4 is 10.9 Å². The number of pyridine rings is 2. The minimum atomic E-state index is -0.400. The Morgan fingerprint density at radius 1 is 1.21 bits per heavy atom. The van der Waals surface area contributed by atoms with Crippen molar-refractivity contribution < 1.29 is 9.90 Å². The molecular weight excluding hydrogens is 416 g/mol. The van der Waals surface area contributed by atoms with E-state index >= 15 is 0 Å². The number of aliphatic hydroxyl groups is 1. The quantitative estimate of drug-likeness (QED) is 0.709. The van der Waals surface area contributed by atoms with Crippen LogP contribution in [0, 0.1) is 11.8 Å². The second-order valence-electron chi connectivity index (χ2n) is 9.53. The van der Waals surface area contributed by atoms with Gasteiger partial charge in [-0.05, 0) is 49.6 Å². The van der Waals surface area contributed by atoms with Crippen LogP contribution in [0.25, 0.3) is 6.08 Å². The zero-order valence-corrected chi connectivity index (χ0v) is 19.1. The van der Waals surface area contributed by atoms with Crippen molar-refractivity contribution >= 4 is 12.0 Å². The van der Waals surface area contributed by atoms with Crippen molar-refractivity contribution in [1.29, 1.82) is 0 Å². The molecule has 1 aliphatic carbocycles. The van der Waals surface area contributed by atoms with Crippen LogP contribution in [-0.2, 0) is 17.9 Å². The lowest BCUT2D eigenvalue weighted by Crippen LogP contribution is -2.46. The van der Waals surface area contributed by atoms with Crippen LogP contribution >= 0.6 is 0 Å². The Morgan fingerprint density at radius 3 is 2.67 bits per heavy atom. The number of hydrogen-bond donors (Lipinski definition) is 2. The Balaban J connectivity index is 1.57. The molecule has 1 saturated carbocycles. The molecule has 2 fully saturated rings. The fraction of sp³-hybridized carbons (Fsp3) is 0.500.